The summed E-state index contributed by atoms with van der Waals surface area (Å²) >= 11 is 0. The number of anilines is 1. The van der Waals surface area contributed by atoms with E-state index in [1.54, 1.807) is 0 Å². The first-order chi connectivity index (χ1) is 9.58. The number of hydrogen-bond acceptors (Lipinski definition) is 3. The molecule has 1 aliphatic rings. The maximum Gasteiger partial charge on any atom is 0.325 e. The standard InChI is InChI=1S/C15H20N2O3/c1-11(15(19)20)16-14(18)8-10-17-9-4-6-12-5-2-3-7-13(12)17/h2-3,5,7,11H,4,6,8-10H2,1H3,(H,16,18)(H,19,20). The van der Waals surface area contributed by atoms with Crippen molar-refractivity contribution in [1.29, 1.82) is 0 Å². The molecule has 0 aliphatic carbocycles. The summed E-state index contributed by atoms with van der Waals surface area (Å²) in [6.07, 6.45) is 2.48. The predicted molar refractivity (Wildman–Crippen MR) is 76.8 cm³/mol. The smallest absolute Gasteiger partial charge is 0.325 e. The van der Waals surface area contributed by atoms with Gasteiger partial charge in [0.05, 0.1) is 0 Å². The average Bonchev–Trinajstić information content (AvgIpc) is 2.44. The van der Waals surface area contributed by atoms with Crippen LogP contribution in [0.4, 0.5) is 5.69 Å². The van der Waals surface area contributed by atoms with Crippen molar-refractivity contribution in [3.8, 4) is 0 Å². The molecule has 0 bridgehead atoms. The van der Waals surface area contributed by atoms with Gasteiger partial charge >= 0.3 is 5.97 Å². The summed E-state index contributed by atoms with van der Waals surface area (Å²) in [5, 5.41) is 11.2. The van der Waals surface area contributed by atoms with Crippen molar-refractivity contribution in [2.45, 2.75) is 32.2 Å². The zero-order chi connectivity index (χ0) is 14.5. The summed E-state index contributed by atoms with van der Waals surface area (Å²) in [7, 11) is 0. The molecule has 0 radical (unpaired) electrons. The van der Waals surface area contributed by atoms with E-state index in [1.807, 2.05) is 12.1 Å². The third-order valence-corrected chi connectivity index (χ3v) is 3.56. The van der Waals surface area contributed by atoms with Crippen LogP contribution in [0, 0.1) is 0 Å². The van der Waals surface area contributed by atoms with Gasteiger partial charge in [-0.2, -0.15) is 0 Å². The Balaban J connectivity index is 1.89. The van der Waals surface area contributed by atoms with Crippen molar-refractivity contribution in [2.75, 3.05) is 18.0 Å². The van der Waals surface area contributed by atoms with E-state index in [1.165, 1.54) is 18.2 Å². The molecule has 1 aromatic carbocycles. The average molecular weight is 276 g/mol. The Morgan fingerprint density at radius 3 is 2.90 bits per heavy atom. The van der Waals surface area contributed by atoms with Gasteiger partial charge in [0.2, 0.25) is 5.91 Å². The summed E-state index contributed by atoms with van der Waals surface area (Å²) < 4.78 is 0. The normalized spacial score (nSPS) is 15.3. The highest BCUT2D eigenvalue weighted by Crippen LogP contribution is 2.26. The first-order valence-corrected chi connectivity index (χ1v) is 6.93. The first-order valence-electron chi connectivity index (χ1n) is 6.93. The molecule has 20 heavy (non-hydrogen) atoms. The lowest BCUT2D eigenvalue weighted by atomic mass is 10.0. The lowest BCUT2D eigenvalue weighted by molar-refractivity contribution is -0.141. The van der Waals surface area contributed by atoms with E-state index in [4.69, 9.17) is 5.11 Å². The van der Waals surface area contributed by atoms with Gasteiger partial charge < -0.3 is 15.3 Å². The summed E-state index contributed by atoms with van der Waals surface area (Å²) in [6, 6.07) is 7.39. The molecule has 2 N–H and O–H groups in total. The zero-order valence-electron chi connectivity index (χ0n) is 11.6. The molecule has 1 aromatic rings. The van der Waals surface area contributed by atoms with Crippen molar-refractivity contribution in [1.82, 2.24) is 5.32 Å². The fourth-order valence-corrected chi connectivity index (χ4v) is 2.46. The van der Waals surface area contributed by atoms with Crippen molar-refractivity contribution in [2.24, 2.45) is 0 Å². The van der Waals surface area contributed by atoms with Crippen LogP contribution in [0.25, 0.3) is 0 Å². The highest BCUT2D eigenvalue weighted by Gasteiger charge is 2.18. The Bertz CT molecular complexity index is 502. The van der Waals surface area contributed by atoms with E-state index in [0.29, 0.717) is 13.0 Å². The van der Waals surface area contributed by atoms with Gasteiger partial charge in [0.15, 0.2) is 0 Å². The molecule has 0 fully saturated rings. The molecule has 1 amide bonds. The molecule has 108 valence electrons. The third kappa shape index (κ3) is 3.50. The van der Waals surface area contributed by atoms with Crippen LogP contribution in [0.1, 0.15) is 25.3 Å². The van der Waals surface area contributed by atoms with E-state index in [9.17, 15) is 9.59 Å². The molecular weight excluding hydrogens is 256 g/mol. The number of carboxylic acid groups (broad SMARTS) is 1. The van der Waals surface area contributed by atoms with Gasteiger partial charge in [0.1, 0.15) is 6.04 Å². The topological polar surface area (TPSA) is 69.6 Å². The van der Waals surface area contributed by atoms with E-state index >= 15 is 0 Å². The first kappa shape index (κ1) is 14.4. The number of benzene rings is 1. The quantitative estimate of drug-likeness (QED) is 0.853. The number of carboxylic acids is 1. The number of carbonyl (C=O) groups excluding carboxylic acids is 1. The van der Waals surface area contributed by atoms with Gasteiger partial charge in [0.25, 0.3) is 0 Å². The summed E-state index contributed by atoms with van der Waals surface area (Å²) in [5.74, 6) is -1.23. The van der Waals surface area contributed by atoms with E-state index in [2.05, 4.69) is 22.3 Å². The van der Waals surface area contributed by atoms with Gasteiger partial charge in [-0.1, -0.05) is 18.2 Å². The second kappa shape index (κ2) is 6.41. The number of para-hydroxylation sites is 1. The van der Waals surface area contributed by atoms with Crippen LogP contribution in [-0.4, -0.2) is 36.1 Å². The third-order valence-electron chi connectivity index (χ3n) is 3.56. The Kier molecular flexibility index (Phi) is 4.61. The Labute approximate surface area is 118 Å². The molecule has 0 saturated heterocycles. The van der Waals surface area contributed by atoms with Gasteiger partial charge in [-0.05, 0) is 31.4 Å². The lowest BCUT2D eigenvalue weighted by Gasteiger charge is -2.31. The predicted octanol–water partition coefficient (Wildman–Crippen LogP) is 1.42. The number of aryl methyl sites for hydroxylation is 1. The second-order valence-corrected chi connectivity index (χ2v) is 5.10. The molecule has 5 heteroatoms. The fraction of sp³-hybridized carbons (Fsp3) is 0.467. The molecule has 1 atom stereocenters. The number of aliphatic carboxylic acids is 1. The van der Waals surface area contributed by atoms with Crippen LogP contribution >= 0.6 is 0 Å². The fourth-order valence-electron chi connectivity index (χ4n) is 2.46. The van der Waals surface area contributed by atoms with Crippen LogP contribution in [0.5, 0.6) is 0 Å². The summed E-state index contributed by atoms with van der Waals surface area (Å²) in [4.78, 5) is 24.6. The van der Waals surface area contributed by atoms with E-state index < -0.39 is 12.0 Å². The van der Waals surface area contributed by atoms with Crippen LogP contribution in [-0.2, 0) is 16.0 Å². The van der Waals surface area contributed by atoms with Crippen LogP contribution in [0.2, 0.25) is 0 Å². The minimum absolute atomic E-state index is 0.219. The van der Waals surface area contributed by atoms with Gasteiger partial charge in [-0.15, -0.1) is 0 Å². The Morgan fingerprint density at radius 2 is 2.15 bits per heavy atom. The molecule has 0 spiro atoms. The second-order valence-electron chi connectivity index (χ2n) is 5.10. The number of carbonyl (C=O) groups is 2. The molecule has 1 heterocycles. The van der Waals surface area contributed by atoms with E-state index in [0.717, 1.165) is 19.4 Å². The number of amides is 1. The van der Waals surface area contributed by atoms with Crippen LogP contribution in [0.3, 0.4) is 0 Å². The van der Waals surface area contributed by atoms with Crippen LogP contribution in [0.15, 0.2) is 24.3 Å². The van der Waals surface area contributed by atoms with Gasteiger partial charge in [-0.3, -0.25) is 9.59 Å². The SMILES string of the molecule is CC(NC(=O)CCN1CCCc2ccccc21)C(=O)O. The number of hydrogen-bond donors (Lipinski definition) is 2. The Morgan fingerprint density at radius 1 is 1.40 bits per heavy atom. The zero-order valence-corrected chi connectivity index (χ0v) is 11.6. The molecule has 0 saturated carbocycles. The van der Waals surface area contributed by atoms with Crippen molar-refractivity contribution in [3.05, 3.63) is 29.8 Å². The molecule has 1 aliphatic heterocycles. The number of fused-ring (bicyclic) bond motifs is 1. The largest absolute Gasteiger partial charge is 0.480 e. The number of nitrogens with one attached hydrogen (secondary N) is 1. The molecule has 0 aromatic heterocycles. The highest BCUT2D eigenvalue weighted by atomic mass is 16.4. The number of nitrogens with zero attached hydrogens (tertiary/aromatic N) is 1. The molecule has 1 unspecified atom stereocenters. The van der Waals surface area contributed by atoms with Gasteiger partial charge in [0, 0.05) is 25.2 Å². The Hall–Kier alpha value is -2.04. The molecule has 2 rings (SSSR count). The van der Waals surface area contributed by atoms with Crippen LogP contribution < -0.4 is 10.2 Å². The maximum absolute atomic E-state index is 11.7. The lowest BCUT2D eigenvalue weighted by Crippen LogP contribution is -2.40. The van der Waals surface area contributed by atoms with Crippen molar-refractivity contribution < 1.29 is 14.7 Å². The minimum Gasteiger partial charge on any atom is -0.480 e. The number of rotatable bonds is 5. The van der Waals surface area contributed by atoms with Gasteiger partial charge in [-0.25, -0.2) is 0 Å². The molecule has 5 nitrogen and oxygen atoms in total. The minimum atomic E-state index is -1.01. The maximum atomic E-state index is 11.7. The van der Waals surface area contributed by atoms with Crippen molar-refractivity contribution in [3.63, 3.8) is 0 Å². The summed E-state index contributed by atoms with van der Waals surface area (Å²) in [5.41, 5.74) is 2.51. The monoisotopic (exact) mass is 276 g/mol. The van der Waals surface area contributed by atoms with E-state index in [-0.39, 0.29) is 5.91 Å². The van der Waals surface area contributed by atoms with Crippen molar-refractivity contribution >= 4 is 17.6 Å². The molecular formula is C15H20N2O3. The summed E-state index contributed by atoms with van der Waals surface area (Å²) in [6.45, 7) is 3.03. The highest BCUT2D eigenvalue weighted by molar-refractivity contribution is 5.83.